The van der Waals surface area contributed by atoms with Crippen LogP contribution in [0.1, 0.15) is 16.6 Å². The standard InChI is InChI=1S/C12H16N2O4S/c1-7(13-11(17)10-3-2-4-19-10)12(18)14-5-8(15)9(16)6-14/h2-4,7-9,15-16H,5-6H2,1H3,(H,13,17)/t7?,8-,9+. The summed E-state index contributed by atoms with van der Waals surface area (Å²) < 4.78 is 0. The van der Waals surface area contributed by atoms with E-state index in [1.165, 1.54) is 16.2 Å². The molecule has 1 aliphatic heterocycles. The molecule has 0 spiro atoms. The van der Waals surface area contributed by atoms with E-state index in [1.54, 1.807) is 24.4 Å². The van der Waals surface area contributed by atoms with E-state index in [0.717, 1.165) is 0 Å². The normalized spacial score (nSPS) is 24.3. The van der Waals surface area contributed by atoms with Gasteiger partial charge in [0, 0.05) is 13.1 Å². The number of thiophene rings is 1. The van der Waals surface area contributed by atoms with E-state index in [0.29, 0.717) is 4.88 Å². The van der Waals surface area contributed by atoms with E-state index in [-0.39, 0.29) is 24.9 Å². The lowest BCUT2D eigenvalue weighted by Crippen LogP contribution is -2.46. The van der Waals surface area contributed by atoms with Crippen molar-refractivity contribution in [2.24, 2.45) is 0 Å². The third kappa shape index (κ3) is 3.12. The molecule has 0 bridgehead atoms. The molecule has 0 aromatic carbocycles. The largest absolute Gasteiger partial charge is 0.388 e. The zero-order valence-electron chi connectivity index (χ0n) is 10.4. The first-order valence-electron chi connectivity index (χ1n) is 5.98. The van der Waals surface area contributed by atoms with Gasteiger partial charge in [-0.1, -0.05) is 6.07 Å². The van der Waals surface area contributed by atoms with Crippen LogP contribution in [0.5, 0.6) is 0 Å². The van der Waals surface area contributed by atoms with Crippen molar-refractivity contribution in [3.63, 3.8) is 0 Å². The first kappa shape index (κ1) is 14.0. The summed E-state index contributed by atoms with van der Waals surface area (Å²) in [5.74, 6) is -0.600. The highest BCUT2D eigenvalue weighted by atomic mass is 32.1. The van der Waals surface area contributed by atoms with Crippen molar-refractivity contribution in [3.05, 3.63) is 22.4 Å². The molecule has 7 heteroatoms. The number of hydrogen-bond acceptors (Lipinski definition) is 5. The van der Waals surface area contributed by atoms with Gasteiger partial charge in [-0.25, -0.2) is 0 Å². The Kier molecular flexibility index (Phi) is 4.18. The van der Waals surface area contributed by atoms with Gasteiger partial charge in [0.05, 0.1) is 17.1 Å². The number of carbonyl (C=O) groups is 2. The highest BCUT2D eigenvalue weighted by Gasteiger charge is 2.34. The van der Waals surface area contributed by atoms with Crippen LogP contribution in [-0.2, 0) is 4.79 Å². The molecule has 0 radical (unpaired) electrons. The number of nitrogens with one attached hydrogen (secondary N) is 1. The van der Waals surface area contributed by atoms with Crippen LogP contribution in [0.3, 0.4) is 0 Å². The fourth-order valence-corrected chi connectivity index (χ4v) is 2.59. The number of β-amino-alcohol motifs (C(OH)–C–C–N with tert-alkyl or cyclic N) is 2. The highest BCUT2D eigenvalue weighted by molar-refractivity contribution is 7.12. The van der Waals surface area contributed by atoms with Crippen molar-refractivity contribution in [1.29, 1.82) is 0 Å². The maximum atomic E-state index is 12.0. The minimum atomic E-state index is -0.913. The number of hydrogen-bond donors (Lipinski definition) is 3. The molecule has 104 valence electrons. The third-order valence-electron chi connectivity index (χ3n) is 3.03. The molecular formula is C12H16N2O4S. The minimum Gasteiger partial charge on any atom is -0.388 e. The van der Waals surface area contributed by atoms with Crippen LogP contribution < -0.4 is 5.32 Å². The van der Waals surface area contributed by atoms with Gasteiger partial charge in [-0.2, -0.15) is 0 Å². The van der Waals surface area contributed by atoms with Gasteiger partial charge in [-0.3, -0.25) is 9.59 Å². The summed E-state index contributed by atoms with van der Waals surface area (Å²) in [6.45, 7) is 1.78. The number of aliphatic hydroxyl groups excluding tert-OH is 2. The lowest BCUT2D eigenvalue weighted by molar-refractivity contribution is -0.132. The average molecular weight is 284 g/mol. The SMILES string of the molecule is CC(NC(=O)c1cccs1)C(=O)N1C[C@@H](O)[C@@H](O)C1. The molecule has 0 aliphatic carbocycles. The van der Waals surface area contributed by atoms with Crippen LogP contribution in [0.15, 0.2) is 17.5 Å². The van der Waals surface area contributed by atoms with Crippen molar-refractivity contribution >= 4 is 23.2 Å². The van der Waals surface area contributed by atoms with Gasteiger partial charge in [0.15, 0.2) is 0 Å². The Bertz CT molecular complexity index is 452. The predicted octanol–water partition coefficient (Wildman–Crippen LogP) is -0.570. The molecule has 2 amide bonds. The predicted molar refractivity (Wildman–Crippen MR) is 69.8 cm³/mol. The maximum Gasteiger partial charge on any atom is 0.261 e. The van der Waals surface area contributed by atoms with Crippen LogP contribution in [0, 0.1) is 0 Å². The van der Waals surface area contributed by atoms with Crippen LogP contribution in [0.4, 0.5) is 0 Å². The quantitative estimate of drug-likeness (QED) is 0.693. The molecule has 1 unspecified atom stereocenters. The van der Waals surface area contributed by atoms with E-state index in [9.17, 15) is 19.8 Å². The number of amides is 2. The van der Waals surface area contributed by atoms with Crippen LogP contribution in [0.2, 0.25) is 0 Å². The van der Waals surface area contributed by atoms with Gasteiger partial charge < -0.3 is 20.4 Å². The second kappa shape index (κ2) is 5.68. The van der Waals surface area contributed by atoms with Gasteiger partial charge in [-0.15, -0.1) is 11.3 Å². The summed E-state index contributed by atoms with van der Waals surface area (Å²) >= 11 is 1.30. The molecule has 3 atom stereocenters. The first-order valence-corrected chi connectivity index (χ1v) is 6.86. The molecule has 3 N–H and O–H groups in total. The van der Waals surface area contributed by atoms with Gasteiger partial charge in [-0.05, 0) is 18.4 Å². The zero-order chi connectivity index (χ0) is 14.0. The van der Waals surface area contributed by atoms with Crippen LogP contribution >= 0.6 is 11.3 Å². The third-order valence-corrected chi connectivity index (χ3v) is 3.90. The Balaban J connectivity index is 1.91. The second-order valence-corrected chi connectivity index (χ2v) is 5.50. The Hall–Kier alpha value is -1.44. The molecule has 2 heterocycles. The van der Waals surface area contributed by atoms with Crippen molar-refractivity contribution in [2.75, 3.05) is 13.1 Å². The lowest BCUT2D eigenvalue weighted by atomic mass is 10.3. The summed E-state index contributed by atoms with van der Waals surface area (Å²) in [4.78, 5) is 25.7. The summed E-state index contributed by atoms with van der Waals surface area (Å²) in [5, 5.41) is 23.2. The number of nitrogens with zero attached hydrogens (tertiary/aromatic N) is 1. The zero-order valence-corrected chi connectivity index (χ0v) is 11.3. The van der Waals surface area contributed by atoms with E-state index in [2.05, 4.69) is 5.32 Å². The Labute approximate surface area is 114 Å². The Morgan fingerprint density at radius 3 is 2.58 bits per heavy atom. The van der Waals surface area contributed by atoms with Crippen molar-refractivity contribution in [2.45, 2.75) is 25.2 Å². The molecular weight excluding hydrogens is 268 g/mol. The van der Waals surface area contributed by atoms with Crippen LogP contribution in [-0.4, -0.2) is 58.3 Å². The van der Waals surface area contributed by atoms with Gasteiger partial charge >= 0.3 is 0 Å². The van der Waals surface area contributed by atoms with Crippen molar-refractivity contribution < 1.29 is 19.8 Å². The fraction of sp³-hybridized carbons (Fsp3) is 0.500. The molecule has 6 nitrogen and oxygen atoms in total. The first-order chi connectivity index (χ1) is 8.99. The van der Waals surface area contributed by atoms with Crippen molar-refractivity contribution in [1.82, 2.24) is 10.2 Å². The topological polar surface area (TPSA) is 89.9 Å². The summed E-state index contributed by atoms with van der Waals surface area (Å²) in [7, 11) is 0. The number of likely N-dealkylation sites (tertiary alicyclic amines) is 1. The molecule has 1 aliphatic rings. The number of carbonyl (C=O) groups excluding carboxylic acids is 2. The van der Waals surface area contributed by atoms with Gasteiger partial charge in [0.2, 0.25) is 5.91 Å². The molecule has 19 heavy (non-hydrogen) atoms. The van der Waals surface area contributed by atoms with Crippen LogP contribution in [0.25, 0.3) is 0 Å². The molecule has 1 aromatic heterocycles. The molecule has 1 saturated heterocycles. The average Bonchev–Trinajstić information content (AvgIpc) is 2.99. The number of aliphatic hydroxyl groups is 2. The lowest BCUT2D eigenvalue weighted by Gasteiger charge is -2.20. The maximum absolute atomic E-state index is 12.0. The molecule has 0 saturated carbocycles. The molecule has 1 fully saturated rings. The Morgan fingerprint density at radius 2 is 2.05 bits per heavy atom. The van der Waals surface area contributed by atoms with Crippen molar-refractivity contribution in [3.8, 4) is 0 Å². The highest BCUT2D eigenvalue weighted by Crippen LogP contribution is 2.12. The summed E-state index contributed by atoms with van der Waals surface area (Å²) in [6, 6.07) is 2.76. The molecule has 1 aromatic rings. The van der Waals surface area contributed by atoms with Gasteiger partial charge in [0.25, 0.3) is 5.91 Å². The van der Waals surface area contributed by atoms with Gasteiger partial charge in [0.1, 0.15) is 6.04 Å². The number of rotatable bonds is 3. The van der Waals surface area contributed by atoms with E-state index < -0.39 is 18.2 Å². The minimum absolute atomic E-state index is 0.0964. The van der Waals surface area contributed by atoms with E-state index in [4.69, 9.17) is 0 Å². The fourth-order valence-electron chi connectivity index (χ4n) is 1.96. The molecule has 2 rings (SSSR count). The summed E-state index contributed by atoms with van der Waals surface area (Å²) in [6.07, 6.45) is -1.83. The summed E-state index contributed by atoms with van der Waals surface area (Å²) in [5.41, 5.74) is 0. The van der Waals surface area contributed by atoms with E-state index >= 15 is 0 Å². The monoisotopic (exact) mass is 284 g/mol. The Morgan fingerprint density at radius 1 is 1.42 bits per heavy atom. The second-order valence-electron chi connectivity index (χ2n) is 4.55. The smallest absolute Gasteiger partial charge is 0.261 e. The van der Waals surface area contributed by atoms with E-state index in [1.807, 2.05) is 0 Å².